The van der Waals surface area contributed by atoms with E-state index in [4.69, 9.17) is 9.15 Å². The number of anilines is 1. The number of carbonyl (C=O) groups excluding carboxylic acids is 1. The first kappa shape index (κ1) is 16.8. The maximum Gasteiger partial charge on any atom is 0.291 e. The molecule has 0 fully saturated rings. The highest BCUT2D eigenvalue weighted by Gasteiger charge is 2.14. The third-order valence-corrected chi connectivity index (χ3v) is 3.86. The molecule has 1 N–H and O–H groups in total. The summed E-state index contributed by atoms with van der Waals surface area (Å²) in [4.78, 5) is 12.3. The van der Waals surface area contributed by atoms with Gasteiger partial charge >= 0.3 is 0 Å². The molecule has 0 aliphatic rings. The van der Waals surface area contributed by atoms with Crippen LogP contribution in [0.2, 0.25) is 0 Å². The number of hydrogen-bond acceptors (Lipinski definition) is 4. The summed E-state index contributed by atoms with van der Waals surface area (Å²) in [5.41, 5.74) is 2.68. The molecular formula is C19H21N3O3. The molecule has 1 aromatic carbocycles. The van der Waals surface area contributed by atoms with Gasteiger partial charge in [0, 0.05) is 13.2 Å². The van der Waals surface area contributed by atoms with Crippen molar-refractivity contribution >= 4 is 11.6 Å². The summed E-state index contributed by atoms with van der Waals surface area (Å²) in [5, 5.41) is 6.98. The van der Waals surface area contributed by atoms with E-state index in [0.29, 0.717) is 11.4 Å². The van der Waals surface area contributed by atoms with E-state index in [1.165, 1.54) is 5.56 Å². The molecule has 0 saturated carbocycles. The number of nitrogens with zero attached hydrogens (tertiary/aromatic N) is 2. The second kappa shape index (κ2) is 7.25. The van der Waals surface area contributed by atoms with Crippen molar-refractivity contribution in [2.45, 2.75) is 26.9 Å². The predicted molar refractivity (Wildman–Crippen MR) is 94.8 cm³/mol. The minimum atomic E-state index is -0.311. The molecule has 3 aromatic rings. The Kier molecular flexibility index (Phi) is 4.88. The second-order valence-electron chi connectivity index (χ2n) is 5.81. The summed E-state index contributed by atoms with van der Waals surface area (Å²) >= 11 is 0. The lowest BCUT2D eigenvalue weighted by Crippen LogP contribution is -2.11. The van der Waals surface area contributed by atoms with Gasteiger partial charge in [-0.25, -0.2) is 0 Å². The van der Waals surface area contributed by atoms with Crippen LogP contribution in [0.3, 0.4) is 0 Å². The molecule has 0 aliphatic heterocycles. The van der Waals surface area contributed by atoms with Crippen LogP contribution in [0, 0.1) is 6.92 Å². The number of carbonyl (C=O) groups is 1. The van der Waals surface area contributed by atoms with Crippen LogP contribution in [0.25, 0.3) is 0 Å². The van der Waals surface area contributed by atoms with Crippen LogP contribution < -0.4 is 10.1 Å². The van der Waals surface area contributed by atoms with Crippen LogP contribution in [0.1, 0.15) is 34.5 Å². The highest BCUT2D eigenvalue weighted by Crippen LogP contribution is 2.17. The van der Waals surface area contributed by atoms with E-state index in [9.17, 15) is 4.79 Å². The largest absolute Gasteiger partial charge is 0.486 e. The maximum atomic E-state index is 12.3. The lowest BCUT2D eigenvalue weighted by Gasteiger charge is -2.05. The predicted octanol–water partition coefficient (Wildman–Crippen LogP) is 3.72. The van der Waals surface area contributed by atoms with Crippen LogP contribution >= 0.6 is 0 Å². The highest BCUT2D eigenvalue weighted by atomic mass is 16.5. The van der Waals surface area contributed by atoms with Crippen LogP contribution in [-0.4, -0.2) is 15.7 Å². The minimum Gasteiger partial charge on any atom is -0.486 e. The molecule has 0 aliphatic carbocycles. The average Bonchev–Trinajstić information content (AvgIpc) is 3.20. The van der Waals surface area contributed by atoms with Gasteiger partial charge in [0.25, 0.3) is 5.91 Å². The Bertz CT molecular complexity index is 862. The van der Waals surface area contributed by atoms with Crippen molar-refractivity contribution in [2.75, 3.05) is 5.32 Å². The van der Waals surface area contributed by atoms with E-state index in [-0.39, 0.29) is 18.3 Å². The number of aryl methyl sites for hydroxylation is 3. The Balaban J connectivity index is 1.59. The molecule has 6 nitrogen and oxygen atoms in total. The highest BCUT2D eigenvalue weighted by molar-refractivity contribution is 6.02. The van der Waals surface area contributed by atoms with Gasteiger partial charge in [-0.2, -0.15) is 5.10 Å². The average molecular weight is 339 g/mol. The first-order chi connectivity index (χ1) is 12.0. The molecule has 0 bridgehead atoms. The quantitative estimate of drug-likeness (QED) is 0.743. The molecule has 3 rings (SSSR count). The number of hydrogen-bond donors (Lipinski definition) is 1. The molecule has 2 aromatic heterocycles. The van der Waals surface area contributed by atoms with Gasteiger partial charge in [-0.15, -0.1) is 0 Å². The minimum absolute atomic E-state index is 0.239. The van der Waals surface area contributed by atoms with E-state index in [1.807, 2.05) is 31.2 Å². The smallest absolute Gasteiger partial charge is 0.291 e. The summed E-state index contributed by atoms with van der Waals surface area (Å²) < 4.78 is 12.9. The van der Waals surface area contributed by atoms with Gasteiger partial charge in [-0.3, -0.25) is 9.48 Å². The zero-order valence-corrected chi connectivity index (χ0v) is 14.6. The summed E-state index contributed by atoms with van der Waals surface area (Å²) in [5.74, 6) is 1.29. The molecule has 6 heteroatoms. The van der Waals surface area contributed by atoms with Crippen molar-refractivity contribution in [3.63, 3.8) is 0 Å². The van der Waals surface area contributed by atoms with Crippen LogP contribution in [0.15, 0.2) is 47.0 Å². The number of amides is 1. The molecule has 130 valence electrons. The topological polar surface area (TPSA) is 69.3 Å². The van der Waals surface area contributed by atoms with E-state index < -0.39 is 0 Å². The SMILES string of the molecule is CCc1ccc(OCc2ccc(C(=O)Nc3cn(C)nc3C)o2)cc1. The molecule has 25 heavy (non-hydrogen) atoms. The lowest BCUT2D eigenvalue weighted by molar-refractivity contribution is 0.0992. The summed E-state index contributed by atoms with van der Waals surface area (Å²) in [6.07, 6.45) is 2.74. The van der Waals surface area contributed by atoms with Gasteiger partial charge < -0.3 is 14.5 Å². The van der Waals surface area contributed by atoms with Gasteiger partial charge in [0.05, 0.1) is 11.4 Å². The molecule has 2 heterocycles. The fourth-order valence-electron chi connectivity index (χ4n) is 2.46. The molecule has 0 spiro atoms. The Morgan fingerprint density at radius 3 is 2.64 bits per heavy atom. The van der Waals surface area contributed by atoms with Gasteiger partial charge in [-0.05, 0) is 43.2 Å². The second-order valence-corrected chi connectivity index (χ2v) is 5.81. The Hall–Kier alpha value is -3.02. The van der Waals surface area contributed by atoms with Gasteiger partial charge in [0.2, 0.25) is 0 Å². The molecule has 0 unspecified atom stereocenters. The van der Waals surface area contributed by atoms with E-state index in [2.05, 4.69) is 17.3 Å². The Morgan fingerprint density at radius 1 is 1.24 bits per heavy atom. The summed E-state index contributed by atoms with van der Waals surface area (Å²) in [7, 11) is 1.80. The fraction of sp³-hybridized carbons (Fsp3) is 0.263. The van der Waals surface area contributed by atoms with E-state index >= 15 is 0 Å². The third-order valence-electron chi connectivity index (χ3n) is 3.86. The molecule has 0 atom stereocenters. The maximum absolute atomic E-state index is 12.3. The van der Waals surface area contributed by atoms with Crippen molar-refractivity contribution in [3.05, 3.63) is 65.4 Å². The standard InChI is InChI=1S/C19H21N3O3/c1-4-14-5-7-15(8-6-14)24-12-16-9-10-18(25-16)19(23)20-17-11-22(3)21-13(17)2/h5-11H,4,12H2,1-3H3,(H,20,23). The van der Waals surface area contributed by atoms with Gasteiger partial charge in [-0.1, -0.05) is 19.1 Å². The van der Waals surface area contributed by atoms with Crippen molar-refractivity contribution in [1.29, 1.82) is 0 Å². The molecular weight excluding hydrogens is 318 g/mol. The van der Waals surface area contributed by atoms with Gasteiger partial charge in [0.1, 0.15) is 18.1 Å². The number of furan rings is 1. The monoisotopic (exact) mass is 339 g/mol. The number of rotatable bonds is 6. The molecule has 0 saturated heterocycles. The Labute approximate surface area is 146 Å². The van der Waals surface area contributed by atoms with Crippen molar-refractivity contribution in [1.82, 2.24) is 9.78 Å². The zero-order chi connectivity index (χ0) is 17.8. The number of nitrogens with one attached hydrogen (secondary N) is 1. The first-order valence-corrected chi connectivity index (χ1v) is 8.17. The van der Waals surface area contributed by atoms with Crippen molar-refractivity contribution in [3.8, 4) is 5.75 Å². The number of aromatic nitrogens is 2. The summed E-state index contributed by atoms with van der Waals surface area (Å²) in [6.45, 7) is 4.21. The van der Waals surface area contributed by atoms with E-state index in [0.717, 1.165) is 17.9 Å². The Morgan fingerprint density at radius 2 is 2.00 bits per heavy atom. The van der Waals surface area contributed by atoms with Gasteiger partial charge in [0.15, 0.2) is 5.76 Å². The number of benzene rings is 1. The fourth-order valence-corrected chi connectivity index (χ4v) is 2.46. The zero-order valence-electron chi connectivity index (χ0n) is 14.6. The number of ether oxygens (including phenoxy) is 1. The van der Waals surface area contributed by atoms with Crippen LogP contribution in [0.4, 0.5) is 5.69 Å². The molecule has 1 amide bonds. The van der Waals surface area contributed by atoms with Crippen LogP contribution in [0.5, 0.6) is 5.75 Å². The normalized spacial score (nSPS) is 10.7. The molecule has 0 radical (unpaired) electrons. The lowest BCUT2D eigenvalue weighted by atomic mass is 10.2. The van der Waals surface area contributed by atoms with E-state index in [1.54, 1.807) is 30.1 Å². The van der Waals surface area contributed by atoms with Crippen molar-refractivity contribution in [2.24, 2.45) is 7.05 Å². The van der Waals surface area contributed by atoms with Crippen molar-refractivity contribution < 1.29 is 13.9 Å². The first-order valence-electron chi connectivity index (χ1n) is 8.17. The third kappa shape index (κ3) is 4.09. The summed E-state index contributed by atoms with van der Waals surface area (Å²) in [6, 6.07) is 11.3. The van der Waals surface area contributed by atoms with Crippen LogP contribution in [-0.2, 0) is 20.1 Å².